The smallest absolute Gasteiger partial charge is 0.345 e. The van der Waals surface area contributed by atoms with Gasteiger partial charge in [-0.2, -0.15) is 0 Å². The predicted octanol–water partition coefficient (Wildman–Crippen LogP) is 3.35. The number of halogens is 1. The maximum absolute atomic E-state index is 12.8. The van der Waals surface area contributed by atoms with E-state index in [9.17, 15) is 9.18 Å². The minimum Gasteiger partial charge on any atom is -0.477 e. The molecule has 0 saturated heterocycles. The van der Waals surface area contributed by atoms with Crippen LogP contribution in [-0.4, -0.2) is 18.1 Å². The number of benzene rings is 1. The largest absolute Gasteiger partial charge is 0.477 e. The quantitative estimate of drug-likeness (QED) is 0.909. The van der Waals surface area contributed by atoms with Gasteiger partial charge in [0, 0.05) is 12.7 Å². The Kier molecular flexibility index (Phi) is 3.10. The summed E-state index contributed by atoms with van der Waals surface area (Å²) in [6, 6.07) is 9.33. The van der Waals surface area contributed by atoms with Crippen LogP contribution >= 0.6 is 11.3 Å². The van der Waals surface area contributed by atoms with E-state index in [0.29, 0.717) is 0 Å². The second-order valence-electron chi connectivity index (χ2n) is 3.48. The highest BCUT2D eigenvalue weighted by atomic mass is 32.1. The molecule has 0 fully saturated rings. The molecule has 0 aliphatic carbocycles. The first-order valence-electron chi connectivity index (χ1n) is 4.90. The zero-order valence-electron chi connectivity index (χ0n) is 9.05. The van der Waals surface area contributed by atoms with Crippen LogP contribution in [0.1, 0.15) is 9.67 Å². The Hall–Kier alpha value is -1.88. The van der Waals surface area contributed by atoms with E-state index in [0.717, 1.165) is 10.7 Å². The molecule has 0 bridgehead atoms. The van der Waals surface area contributed by atoms with Crippen molar-refractivity contribution in [2.45, 2.75) is 0 Å². The zero-order chi connectivity index (χ0) is 12.4. The van der Waals surface area contributed by atoms with Gasteiger partial charge >= 0.3 is 5.97 Å². The fraction of sp³-hybridized carbons (Fsp3) is 0.0833. The van der Waals surface area contributed by atoms with Crippen molar-refractivity contribution in [3.8, 4) is 0 Å². The number of carboxylic acids is 1. The minimum absolute atomic E-state index is 0.286. The maximum Gasteiger partial charge on any atom is 0.345 e. The molecule has 1 N–H and O–H groups in total. The van der Waals surface area contributed by atoms with Gasteiger partial charge in [-0.15, -0.1) is 11.3 Å². The number of nitrogens with zero attached hydrogens (tertiary/aromatic N) is 1. The fourth-order valence-electron chi connectivity index (χ4n) is 1.41. The lowest BCUT2D eigenvalue weighted by molar-refractivity contribution is 0.0702. The Morgan fingerprint density at radius 3 is 2.41 bits per heavy atom. The molecule has 0 radical (unpaired) electrons. The molecule has 17 heavy (non-hydrogen) atoms. The van der Waals surface area contributed by atoms with Crippen molar-refractivity contribution in [3.63, 3.8) is 0 Å². The molecule has 0 amide bonds. The first kappa shape index (κ1) is 11.6. The molecule has 0 aliphatic heterocycles. The Morgan fingerprint density at radius 2 is 1.88 bits per heavy atom. The van der Waals surface area contributed by atoms with Gasteiger partial charge in [-0.25, -0.2) is 9.18 Å². The zero-order valence-corrected chi connectivity index (χ0v) is 9.87. The van der Waals surface area contributed by atoms with E-state index >= 15 is 0 Å². The molecule has 3 nitrogen and oxygen atoms in total. The van der Waals surface area contributed by atoms with Gasteiger partial charge in [0.15, 0.2) is 0 Å². The lowest BCUT2D eigenvalue weighted by atomic mass is 10.3. The molecule has 1 aromatic heterocycles. The number of carbonyl (C=O) groups is 1. The van der Waals surface area contributed by atoms with E-state index in [4.69, 9.17) is 5.11 Å². The molecular formula is C12H10FNO2S. The van der Waals surface area contributed by atoms with Crippen molar-refractivity contribution in [2.24, 2.45) is 0 Å². The highest BCUT2D eigenvalue weighted by molar-refractivity contribution is 7.17. The summed E-state index contributed by atoms with van der Waals surface area (Å²) in [6.45, 7) is 0. The monoisotopic (exact) mass is 251 g/mol. The highest BCUT2D eigenvalue weighted by Crippen LogP contribution is 2.30. The van der Waals surface area contributed by atoms with E-state index in [1.165, 1.54) is 23.5 Å². The molecule has 0 atom stereocenters. The standard InChI is InChI=1S/C12H10FNO2S/c1-14(9-4-2-8(13)3-5-9)11-7-6-10(17-11)12(15)16/h2-7H,1H3,(H,15,16). The lowest BCUT2D eigenvalue weighted by Gasteiger charge is -2.16. The molecule has 1 heterocycles. The van der Waals surface area contributed by atoms with Crippen LogP contribution in [0, 0.1) is 5.82 Å². The van der Waals surface area contributed by atoms with Gasteiger partial charge in [0.2, 0.25) is 0 Å². The molecule has 2 rings (SSSR count). The summed E-state index contributed by atoms with van der Waals surface area (Å²) < 4.78 is 12.8. The molecule has 0 aliphatic rings. The minimum atomic E-state index is -0.936. The Balaban J connectivity index is 2.27. The van der Waals surface area contributed by atoms with Crippen molar-refractivity contribution in [1.82, 2.24) is 0 Å². The van der Waals surface area contributed by atoms with E-state index in [-0.39, 0.29) is 10.7 Å². The summed E-state index contributed by atoms with van der Waals surface area (Å²) in [4.78, 5) is 12.9. The number of hydrogen-bond acceptors (Lipinski definition) is 3. The van der Waals surface area contributed by atoms with Crippen LogP contribution in [0.5, 0.6) is 0 Å². The van der Waals surface area contributed by atoms with Crippen LogP contribution in [-0.2, 0) is 0 Å². The van der Waals surface area contributed by atoms with Gasteiger partial charge in [0.05, 0.1) is 5.00 Å². The number of thiophene rings is 1. The van der Waals surface area contributed by atoms with Crippen LogP contribution in [0.25, 0.3) is 0 Å². The Morgan fingerprint density at radius 1 is 1.24 bits per heavy atom. The first-order chi connectivity index (χ1) is 8.08. The summed E-state index contributed by atoms with van der Waals surface area (Å²) in [7, 11) is 1.81. The van der Waals surface area contributed by atoms with Gasteiger partial charge in [0.25, 0.3) is 0 Å². The average Bonchev–Trinajstić information content (AvgIpc) is 2.78. The summed E-state index contributed by atoms with van der Waals surface area (Å²) in [5.41, 5.74) is 0.810. The van der Waals surface area contributed by atoms with Crippen molar-refractivity contribution < 1.29 is 14.3 Å². The predicted molar refractivity (Wildman–Crippen MR) is 65.7 cm³/mol. The second-order valence-corrected chi connectivity index (χ2v) is 4.54. The van der Waals surface area contributed by atoms with Crippen LogP contribution in [0.3, 0.4) is 0 Å². The summed E-state index contributed by atoms with van der Waals surface area (Å²) in [5.74, 6) is -1.23. The maximum atomic E-state index is 12.8. The lowest BCUT2D eigenvalue weighted by Crippen LogP contribution is -2.07. The normalized spacial score (nSPS) is 10.2. The van der Waals surface area contributed by atoms with Gasteiger partial charge in [-0.05, 0) is 36.4 Å². The third-order valence-corrected chi connectivity index (χ3v) is 3.50. The molecule has 1 aromatic carbocycles. The van der Waals surface area contributed by atoms with Crippen LogP contribution in [0.2, 0.25) is 0 Å². The molecule has 0 spiro atoms. The van der Waals surface area contributed by atoms with Gasteiger partial charge in [-0.1, -0.05) is 0 Å². The number of anilines is 2. The van der Waals surface area contributed by atoms with Crippen molar-refractivity contribution in [2.75, 3.05) is 11.9 Å². The second kappa shape index (κ2) is 4.55. The third-order valence-electron chi connectivity index (χ3n) is 2.35. The van der Waals surface area contributed by atoms with E-state index in [1.54, 1.807) is 24.3 Å². The number of rotatable bonds is 3. The molecule has 0 saturated carbocycles. The molecular weight excluding hydrogens is 241 g/mol. The molecule has 2 aromatic rings. The van der Waals surface area contributed by atoms with Crippen LogP contribution in [0.4, 0.5) is 15.1 Å². The molecule has 5 heteroatoms. The number of carboxylic acid groups (broad SMARTS) is 1. The molecule has 0 unspecified atom stereocenters. The SMILES string of the molecule is CN(c1ccc(F)cc1)c1ccc(C(=O)O)s1. The summed E-state index contributed by atoms with van der Waals surface area (Å²) in [6.07, 6.45) is 0. The third kappa shape index (κ3) is 2.45. The van der Waals surface area contributed by atoms with Crippen molar-refractivity contribution >= 4 is 28.0 Å². The topological polar surface area (TPSA) is 40.5 Å². The Labute approximate surface area is 102 Å². The number of hydrogen-bond donors (Lipinski definition) is 1. The highest BCUT2D eigenvalue weighted by Gasteiger charge is 2.11. The Bertz CT molecular complexity index is 536. The molecule has 88 valence electrons. The first-order valence-corrected chi connectivity index (χ1v) is 5.72. The fourth-order valence-corrected chi connectivity index (χ4v) is 2.24. The van der Waals surface area contributed by atoms with Crippen LogP contribution < -0.4 is 4.90 Å². The van der Waals surface area contributed by atoms with E-state index in [2.05, 4.69) is 0 Å². The van der Waals surface area contributed by atoms with Gasteiger partial charge < -0.3 is 10.0 Å². The van der Waals surface area contributed by atoms with E-state index < -0.39 is 5.97 Å². The van der Waals surface area contributed by atoms with Gasteiger partial charge in [-0.3, -0.25) is 0 Å². The number of aromatic carboxylic acids is 1. The van der Waals surface area contributed by atoms with Gasteiger partial charge in [0.1, 0.15) is 10.7 Å². The van der Waals surface area contributed by atoms with Crippen molar-refractivity contribution in [1.29, 1.82) is 0 Å². The average molecular weight is 251 g/mol. The summed E-state index contributed by atoms with van der Waals surface area (Å²) >= 11 is 1.18. The summed E-state index contributed by atoms with van der Waals surface area (Å²) in [5, 5.41) is 9.63. The van der Waals surface area contributed by atoms with Crippen LogP contribution in [0.15, 0.2) is 36.4 Å². The van der Waals surface area contributed by atoms with Crippen molar-refractivity contribution in [3.05, 3.63) is 47.1 Å². The van der Waals surface area contributed by atoms with E-state index in [1.807, 2.05) is 11.9 Å².